The summed E-state index contributed by atoms with van der Waals surface area (Å²) in [6, 6.07) is 0. The smallest absolute Gasteiger partial charge is 0.269 e. The van der Waals surface area contributed by atoms with Gasteiger partial charge in [0.15, 0.2) is 0 Å². The number of nitrogens with zero attached hydrogens (tertiary/aromatic N) is 1. The fraction of sp³-hybridized carbons (Fsp3) is 0.364. The zero-order valence-corrected chi connectivity index (χ0v) is 8.68. The van der Waals surface area contributed by atoms with E-state index in [1.165, 1.54) is 12.2 Å². The highest BCUT2D eigenvalue weighted by molar-refractivity contribution is 5.87. The molecule has 0 atom stereocenters. The molecule has 1 amide bonds. The van der Waals surface area contributed by atoms with Gasteiger partial charge in [-0.15, -0.1) is 0 Å². The molecular weight excluding hydrogens is 208 g/mol. The molecular formula is C11H12N2O3. The van der Waals surface area contributed by atoms with Crippen molar-refractivity contribution in [1.82, 2.24) is 5.32 Å². The minimum atomic E-state index is -0.441. The van der Waals surface area contributed by atoms with E-state index in [-0.39, 0.29) is 11.6 Å². The first-order chi connectivity index (χ1) is 7.64. The highest BCUT2D eigenvalue weighted by Crippen LogP contribution is 2.47. The lowest BCUT2D eigenvalue weighted by molar-refractivity contribution is -0.419. The van der Waals surface area contributed by atoms with Crippen LogP contribution in [0.1, 0.15) is 12.8 Å². The Morgan fingerprint density at radius 1 is 1.44 bits per heavy atom. The van der Waals surface area contributed by atoms with Crippen LogP contribution in [0.3, 0.4) is 0 Å². The van der Waals surface area contributed by atoms with Gasteiger partial charge in [-0.05, 0) is 12.8 Å². The average molecular weight is 220 g/mol. The summed E-state index contributed by atoms with van der Waals surface area (Å²) < 4.78 is 0. The highest BCUT2D eigenvalue weighted by atomic mass is 16.6. The molecule has 84 valence electrons. The fourth-order valence-electron chi connectivity index (χ4n) is 1.62. The van der Waals surface area contributed by atoms with Crippen molar-refractivity contribution in [2.45, 2.75) is 12.8 Å². The van der Waals surface area contributed by atoms with Crippen LogP contribution in [0.25, 0.3) is 0 Å². The van der Waals surface area contributed by atoms with Gasteiger partial charge in [0.2, 0.25) is 5.91 Å². The van der Waals surface area contributed by atoms with E-state index in [0.717, 1.165) is 12.8 Å². The fourth-order valence-corrected chi connectivity index (χ4v) is 1.62. The Balaban J connectivity index is 2.25. The average Bonchev–Trinajstić information content (AvgIpc) is 3.01. The standard InChI is InChI=1S/C11H12N2O3/c14-10-11(6-7-11)5-1-3-9(13(15)16)4-2-8-12-10/h1-5H,6-8H2,(H,12,14)/b4-2+,5-1+,9-3+. The third-order valence-electron chi connectivity index (χ3n) is 2.80. The first-order valence-electron chi connectivity index (χ1n) is 5.13. The van der Waals surface area contributed by atoms with Crippen LogP contribution in [0.4, 0.5) is 0 Å². The predicted molar refractivity (Wildman–Crippen MR) is 58.0 cm³/mol. The first-order valence-corrected chi connectivity index (χ1v) is 5.13. The van der Waals surface area contributed by atoms with Gasteiger partial charge in [-0.3, -0.25) is 14.9 Å². The van der Waals surface area contributed by atoms with Gasteiger partial charge in [0.05, 0.1) is 10.3 Å². The van der Waals surface area contributed by atoms with Crippen LogP contribution >= 0.6 is 0 Å². The molecule has 1 spiro atoms. The number of rotatable bonds is 1. The lowest BCUT2D eigenvalue weighted by Crippen LogP contribution is -2.31. The highest BCUT2D eigenvalue weighted by Gasteiger charge is 2.47. The maximum atomic E-state index is 11.7. The molecule has 1 aliphatic carbocycles. The first kappa shape index (κ1) is 10.6. The molecule has 1 aliphatic heterocycles. The van der Waals surface area contributed by atoms with Crippen molar-refractivity contribution in [3.8, 4) is 0 Å². The Morgan fingerprint density at radius 2 is 2.19 bits per heavy atom. The summed E-state index contributed by atoms with van der Waals surface area (Å²) in [5.74, 6) is 0.00588. The molecule has 0 radical (unpaired) electrons. The van der Waals surface area contributed by atoms with Gasteiger partial charge in [-0.25, -0.2) is 0 Å². The monoisotopic (exact) mass is 220 g/mol. The molecule has 0 aromatic heterocycles. The summed E-state index contributed by atoms with van der Waals surface area (Å²) in [5, 5.41) is 13.4. The molecule has 5 heteroatoms. The quantitative estimate of drug-likeness (QED) is 0.532. The van der Waals surface area contributed by atoms with E-state index in [0.29, 0.717) is 6.54 Å². The Bertz CT molecular complexity index is 417. The number of nitro groups is 1. The number of nitrogens with one attached hydrogen (secondary N) is 1. The minimum absolute atomic E-state index is 0.00588. The molecule has 0 unspecified atom stereocenters. The van der Waals surface area contributed by atoms with Gasteiger partial charge >= 0.3 is 0 Å². The molecule has 0 saturated heterocycles. The molecule has 0 aromatic carbocycles. The molecule has 16 heavy (non-hydrogen) atoms. The van der Waals surface area contributed by atoms with E-state index in [2.05, 4.69) is 5.32 Å². The maximum absolute atomic E-state index is 11.7. The Morgan fingerprint density at radius 3 is 2.81 bits per heavy atom. The SMILES string of the molecule is O=C1NC/C=C/C([N+](=O)[O-])=C\C=C\C12CC2. The van der Waals surface area contributed by atoms with Crippen LogP contribution in [0, 0.1) is 15.5 Å². The van der Waals surface area contributed by atoms with Crippen molar-refractivity contribution in [3.63, 3.8) is 0 Å². The van der Waals surface area contributed by atoms with Crippen molar-refractivity contribution in [1.29, 1.82) is 0 Å². The third kappa shape index (κ3) is 2.03. The van der Waals surface area contributed by atoms with Crippen molar-refractivity contribution in [3.05, 3.63) is 46.2 Å². The Hall–Kier alpha value is -1.91. The predicted octanol–water partition coefficient (Wildman–Crippen LogP) is 1.17. The molecule has 0 bridgehead atoms. The van der Waals surface area contributed by atoms with E-state index >= 15 is 0 Å². The normalized spacial score (nSPS) is 29.8. The molecule has 1 saturated carbocycles. The minimum Gasteiger partial charge on any atom is -0.352 e. The van der Waals surface area contributed by atoms with Gasteiger partial charge in [-0.1, -0.05) is 18.2 Å². The van der Waals surface area contributed by atoms with E-state index in [1.54, 1.807) is 18.2 Å². The van der Waals surface area contributed by atoms with E-state index in [1.807, 2.05) is 0 Å². The van der Waals surface area contributed by atoms with Crippen LogP contribution in [0.5, 0.6) is 0 Å². The second kappa shape index (κ2) is 3.92. The Labute approximate surface area is 92.7 Å². The molecule has 1 N–H and O–H groups in total. The number of hydrogen-bond acceptors (Lipinski definition) is 3. The van der Waals surface area contributed by atoms with Crippen molar-refractivity contribution in [2.24, 2.45) is 5.41 Å². The van der Waals surface area contributed by atoms with Crippen molar-refractivity contribution < 1.29 is 9.72 Å². The zero-order valence-electron chi connectivity index (χ0n) is 8.68. The van der Waals surface area contributed by atoms with Crippen LogP contribution in [0.15, 0.2) is 36.1 Å². The zero-order chi connectivity index (χ0) is 11.6. The summed E-state index contributed by atoms with van der Waals surface area (Å²) in [4.78, 5) is 21.9. The van der Waals surface area contributed by atoms with Crippen molar-refractivity contribution in [2.75, 3.05) is 6.54 Å². The molecule has 1 fully saturated rings. The summed E-state index contributed by atoms with van der Waals surface area (Å²) in [7, 11) is 0. The molecule has 2 rings (SSSR count). The topological polar surface area (TPSA) is 72.2 Å². The number of carbonyl (C=O) groups excluding carboxylic acids is 1. The van der Waals surface area contributed by atoms with Crippen LogP contribution in [0.2, 0.25) is 0 Å². The summed E-state index contributed by atoms with van der Waals surface area (Å²) >= 11 is 0. The number of carbonyl (C=O) groups is 1. The summed E-state index contributed by atoms with van der Waals surface area (Å²) in [5.41, 5.74) is -0.383. The molecule has 1 heterocycles. The van der Waals surface area contributed by atoms with Gasteiger partial charge in [0.1, 0.15) is 0 Å². The van der Waals surface area contributed by atoms with Gasteiger partial charge < -0.3 is 5.32 Å². The van der Waals surface area contributed by atoms with Gasteiger partial charge in [-0.2, -0.15) is 0 Å². The number of hydrogen-bond donors (Lipinski definition) is 1. The second-order valence-electron chi connectivity index (χ2n) is 3.98. The van der Waals surface area contributed by atoms with Gasteiger partial charge in [0, 0.05) is 18.7 Å². The third-order valence-corrected chi connectivity index (χ3v) is 2.80. The lowest BCUT2D eigenvalue weighted by Gasteiger charge is -2.09. The second-order valence-corrected chi connectivity index (χ2v) is 3.98. The number of amides is 1. The Kier molecular flexibility index (Phi) is 2.60. The lowest BCUT2D eigenvalue weighted by atomic mass is 10.1. The molecule has 0 aromatic rings. The largest absolute Gasteiger partial charge is 0.352 e. The van der Waals surface area contributed by atoms with Crippen LogP contribution in [-0.4, -0.2) is 17.4 Å². The van der Waals surface area contributed by atoms with Crippen molar-refractivity contribution >= 4 is 5.91 Å². The van der Waals surface area contributed by atoms with E-state index in [4.69, 9.17) is 0 Å². The molecule has 2 aliphatic rings. The molecule has 5 nitrogen and oxygen atoms in total. The van der Waals surface area contributed by atoms with Crippen LogP contribution in [-0.2, 0) is 4.79 Å². The summed E-state index contributed by atoms with van der Waals surface area (Å²) in [6.45, 7) is 0.333. The van der Waals surface area contributed by atoms with E-state index < -0.39 is 10.3 Å². The van der Waals surface area contributed by atoms with E-state index in [9.17, 15) is 14.9 Å². The summed E-state index contributed by atoms with van der Waals surface area (Å²) in [6.07, 6.45) is 9.40. The number of allylic oxidation sites excluding steroid dienone is 3. The van der Waals surface area contributed by atoms with Gasteiger partial charge in [0.25, 0.3) is 5.70 Å². The maximum Gasteiger partial charge on any atom is 0.269 e. The van der Waals surface area contributed by atoms with Crippen LogP contribution < -0.4 is 5.32 Å².